The molecule has 1 saturated carbocycles. The van der Waals surface area contributed by atoms with Gasteiger partial charge < -0.3 is 26.8 Å². The minimum absolute atomic E-state index is 0.151. The molecule has 43 heavy (non-hydrogen) atoms. The summed E-state index contributed by atoms with van der Waals surface area (Å²) >= 11 is 7.73. The van der Waals surface area contributed by atoms with Gasteiger partial charge in [-0.25, -0.2) is 18.7 Å². The second-order valence-electron chi connectivity index (χ2n) is 10.7. The first-order valence-corrected chi connectivity index (χ1v) is 14.7. The molecule has 2 fully saturated rings. The lowest BCUT2D eigenvalue weighted by molar-refractivity contribution is -0.0279. The summed E-state index contributed by atoms with van der Waals surface area (Å²) < 4.78 is 29.4. The molecule has 0 bridgehead atoms. The van der Waals surface area contributed by atoms with Crippen LogP contribution in [0.15, 0.2) is 63.5 Å². The summed E-state index contributed by atoms with van der Waals surface area (Å²) in [5.74, 6) is -3.73. The van der Waals surface area contributed by atoms with E-state index in [2.05, 4.69) is 20.3 Å². The van der Waals surface area contributed by atoms with Crippen LogP contribution < -0.4 is 27.2 Å². The molecule has 1 amide bonds. The Morgan fingerprint density at radius 2 is 1.88 bits per heavy atom. The molecule has 1 saturated heterocycles. The highest BCUT2D eigenvalue weighted by Gasteiger charge is 2.57. The third-order valence-electron chi connectivity index (χ3n) is 8.27. The molecule has 3 aromatic heterocycles. The van der Waals surface area contributed by atoms with E-state index >= 15 is 0 Å². The quantitative estimate of drug-likeness (QED) is 0.252. The number of aromatic hydroxyl groups is 1. The number of nitrogens with zero attached hydrogens (tertiary/aromatic N) is 5. The maximum absolute atomic E-state index is 14.1. The van der Waals surface area contributed by atoms with Crippen molar-refractivity contribution in [1.29, 1.82) is 0 Å². The largest absolute Gasteiger partial charge is 0.493 e. The van der Waals surface area contributed by atoms with Gasteiger partial charge in [0, 0.05) is 30.6 Å². The first kappa shape index (κ1) is 29.1. The lowest BCUT2D eigenvalue weighted by Crippen LogP contribution is -2.52. The summed E-state index contributed by atoms with van der Waals surface area (Å²) in [5.41, 5.74) is 10.7. The molecule has 1 aliphatic heterocycles. The minimum Gasteiger partial charge on any atom is -0.493 e. The number of hydrogen-bond acceptors (Lipinski definition) is 10. The fourth-order valence-corrected chi connectivity index (χ4v) is 6.88. The van der Waals surface area contributed by atoms with Crippen molar-refractivity contribution in [3.05, 3.63) is 69.7 Å². The Morgan fingerprint density at radius 1 is 1.12 bits per heavy atom. The van der Waals surface area contributed by atoms with Crippen LogP contribution in [0.25, 0.3) is 5.65 Å². The zero-order valence-corrected chi connectivity index (χ0v) is 24.2. The first-order chi connectivity index (χ1) is 20.5. The highest BCUT2D eigenvalue weighted by molar-refractivity contribution is 7.99. The number of halogens is 3. The number of carbonyl (C=O) groups is 1. The molecule has 224 valence electrons. The van der Waals surface area contributed by atoms with Crippen molar-refractivity contribution in [2.75, 3.05) is 29.0 Å². The zero-order chi connectivity index (χ0) is 30.5. The third-order valence-corrected chi connectivity index (χ3v) is 9.85. The van der Waals surface area contributed by atoms with Gasteiger partial charge >= 0.3 is 0 Å². The number of hydrogen-bond donors (Lipinski definition) is 4. The third kappa shape index (κ3) is 5.23. The number of alkyl halides is 2. The number of carbonyl (C=O) groups excluding carboxylic acids is 1. The van der Waals surface area contributed by atoms with Gasteiger partial charge in [-0.05, 0) is 48.9 Å². The van der Waals surface area contributed by atoms with Crippen LogP contribution in [0.2, 0.25) is 5.02 Å². The number of fused-ring (bicyclic) bond motifs is 1. The first-order valence-electron chi connectivity index (χ1n) is 13.5. The topological polar surface area (TPSA) is 165 Å². The molecular formula is C28H27ClF2N8O3S. The van der Waals surface area contributed by atoms with Gasteiger partial charge in [0.15, 0.2) is 11.4 Å². The summed E-state index contributed by atoms with van der Waals surface area (Å²) in [6.45, 7) is 1.04. The molecule has 1 aromatic carbocycles. The number of benzene rings is 1. The van der Waals surface area contributed by atoms with Crippen molar-refractivity contribution >= 4 is 52.2 Å². The summed E-state index contributed by atoms with van der Waals surface area (Å²) in [7, 11) is 0. The van der Waals surface area contributed by atoms with E-state index in [0.717, 1.165) is 16.2 Å². The van der Waals surface area contributed by atoms with Crippen molar-refractivity contribution < 1.29 is 18.7 Å². The predicted octanol–water partition coefficient (Wildman–Crippen LogP) is 4.17. The Kier molecular flexibility index (Phi) is 7.39. The van der Waals surface area contributed by atoms with Crippen molar-refractivity contribution in [1.82, 2.24) is 19.4 Å². The molecule has 11 nitrogen and oxygen atoms in total. The van der Waals surface area contributed by atoms with Crippen LogP contribution in [0.4, 0.5) is 26.1 Å². The van der Waals surface area contributed by atoms with Gasteiger partial charge in [-0.1, -0.05) is 35.5 Å². The van der Waals surface area contributed by atoms with E-state index in [1.165, 1.54) is 12.3 Å². The van der Waals surface area contributed by atoms with Gasteiger partial charge in [0.25, 0.3) is 17.4 Å². The maximum atomic E-state index is 14.1. The van der Waals surface area contributed by atoms with Gasteiger partial charge in [0.1, 0.15) is 16.5 Å². The van der Waals surface area contributed by atoms with Crippen molar-refractivity contribution in [3.8, 4) is 5.88 Å². The minimum atomic E-state index is -2.83. The van der Waals surface area contributed by atoms with Gasteiger partial charge in [0.05, 0.1) is 22.9 Å². The Balaban J connectivity index is 1.16. The van der Waals surface area contributed by atoms with E-state index < -0.39 is 40.3 Å². The number of pyridine rings is 1. The molecular weight excluding hydrogens is 602 g/mol. The molecule has 4 heterocycles. The number of piperidine rings is 1. The lowest BCUT2D eigenvalue weighted by Gasteiger charge is -2.42. The van der Waals surface area contributed by atoms with Crippen LogP contribution >= 0.6 is 23.4 Å². The van der Waals surface area contributed by atoms with Crippen LogP contribution in [0.5, 0.6) is 5.88 Å². The predicted molar refractivity (Wildman–Crippen MR) is 159 cm³/mol. The molecule has 4 aromatic rings. The van der Waals surface area contributed by atoms with Gasteiger partial charge in [-0.15, -0.1) is 0 Å². The number of nitrogen functional groups attached to an aromatic ring is 1. The second-order valence-corrected chi connectivity index (χ2v) is 12.1. The Bertz CT molecular complexity index is 1800. The monoisotopic (exact) mass is 628 g/mol. The normalized spacial score (nSPS) is 19.2. The van der Waals surface area contributed by atoms with E-state index in [-0.39, 0.29) is 28.6 Å². The van der Waals surface area contributed by atoms with Crippen LogP contribution in [-0.2, 0) is 0 Å². The average Bonchev–Trinajstić information content (AvgIpc) is 3.20. The number of nitrogens with two attached hydrogens (primary N) is 2. The van der Waals surface area contributed by atoms with Crippen LogP contribution in [0.1, 0.15) is 36.0 Å². The Hall–Kier alpha value is -4.01. The molecule has 15 heteroatoms. The average molecular weight is 629 g/mol. The van der Waals surface area contributed by atoms with Crippen molar-refractivity contribution in [2.45, 2.75) is 47.6 Å². The molecule has 0 radical (unpaired) electrons. The Morgan fingerprint density at radius 3 is 2.58 bits per heavy atom. The standard InChI is InChI=1S/C28H27ClF2N8O3S/c29-20-15(35-22(40)19-23(41)37-17-6-1-2-11-39(17)25(19)42)4-3-5-16(20)43-24-21(32)36-18(14-34-24)38-12-9-27(10-13-38)7-8-28(30,31)26(27)33/h1-6,11,14,26,41H,7-10,12-13,33H2,(H2,32,36)(H,35,40)/t26-/m0/s1. The van der Waals surface area contributed by atoms with E-state index in [0.29, 0.717) is 48.1 Å². The van der Waals surface area contributed by atoms with Gasteiger partial charge in [-0.2, -0.15) is 4.98 Å². The molecule has 1 spiro atoms. The number of aromatic nitrogens is 4. The zero-order valence-electron chi connectivity index (χ0n) is 22.6. The van der Waals surface area contributed by atoms with E-state index in [1.54, 1.807) is 36.5 Å². The SMILES string of the molecule is Nc1nc(N2CCC3(CC2)CCC(F)(F)[C@H]3N)cnc1Sc1cccc(NC(=O)c2c(O)nc3ccccn3c2=O)c1Cl. The summed E-state index contributed by atoms with van der Waals surface area (Å²) in [4.78, 5) is 41.2. The van der Waals surface area contributed by atoms with Gasteiger partial charge in [-0.3, -0.25) is 14.0 Å². The number of anilines is 3. The van der Waals surface area contributed by atoms with E-state index in [9.17, 15) is 23.5 Å². The molecule has 6 N–H and O–H groups in total. The fourth-order valence-electron chi connectivity index (χ4n) is 5.78. The smallest absolute Gasteiger partial charge is 0.274 e. The highest BCUT2D eigenvalue weighted by atomic mass is 35.5. The van der Waals surface area contributed by atoms with Crippen LogP contribution in [0.3, 0.4) is 0 Å². The maximum Gasteiger partial charge on any atom is 0.274 e. The molecule has 1 atom stereocenters. The molecule has 1 aliphatic carbocycles. The van der Waals surface area contributed by atoms with Crippen molar-refractivity contribution in [3.63, 3.8) is 0 Å². The molecule has 6 rings (SSSR count). The lowest BCUT2D eigenvalue weighted by atomic mass is 9.74. The number of nitrogens with one attached hydrogen (secondary N) is 1. The fraction of sp³-hybridized carbons (Fsp3) is 0.321. The summed E-state index contributed by atoms with van der Waals surface area (Å²) in [5, 5.41) is 13.4. The van der Waals surface area contributed by atoms with Crippen LogP contribution in [0, 0.1) is 5.41 Å². The summed E-state index contributed by atoms with van der Waals surface area (Å²) in [6, 6.07) is 8.53. The van der Waals surface area contributed by atoms with E-state index in [4.69, 9.17) is 23.1 Å². The molecule has 0 unspecified atom stereocenters. The van der Waals surface area contributed by atoms with E-state index in [1.807, 2.05) is 4.90 Å². The number of rotatable bonds is 5. The highest BCUT2D eigenvalue weighted by Crippen LogP contribution is 2.52. The second kappa shape index (κ2) is 10.9. The van der Waals surface area contributed by atoms with Crippen molar-refractivity contribution in [2.24, 2.45) is 11.1 Å². The number of amides is 1. The Labute approximate surface area is 253 Å². The molecule has 2 aliphatic rings. The van der Waals surface area contributed by atoms with Gasteiger partial charge in [0.2, 0.25) is 5.88 Å². The van der Waals surface area contributed by atoms with Crippen LogP contribution in [-0.4, -0.2) is 55.4 Å². The summed E-state index contributed by atoms with van der Waals surface area (Å²) in [6.07, 6.45) is 4.32.